The average Bonchev–Trinajstić information content (AvgIpc) is 3.77. The molecule has 0 bridgehead atoms. The molecule has 0 saturated heterocycles. The number of fused-ring (bicyclic) bond motifs is 2. The number of carbonyl (C=O) groups is 2. The van der Waals surface area contributed by atoms with Gasteiger partial charge in [0, 0.05) is 64.0 Å². The minimum absolute atomic E-state index is 0.0468. The van der Waals surface area contributed by atoms with E-state index in [1.54, 1.807) is 36.7 Å². The number of para-hydroxylation sites is 2. The molecule has 0 spiro atoms. The normalized spacial score (nSPS) is 13.4. The third-order valence-corrected chi connectivity index (χ3v) is 9.29. The highest BCUT2D eigenvalue weighted by Gasteiger charge is 2.43. The molecule has 5 aromatic carbocycles. The highest BCUT2D eigenvalue weighted by molar-refractivity contribution is 6.50. The maximum absolute atomic E-state index is 15.0. The van der Waals surface area contributed by atoms with E-state index in [9.17, 15) is 31.5 Å². The SMILES string of the molecule is O=C1C(c2cn(Cc3ccccc3)c3ccccc23)=C(c2cn(Cc3ccccc3)c3ccccc23)C(=O)N1Cc1c(F)c(F)c(F)c(F)c1F. The summed E-state index contributed by atoms with van der Waals surface area (Å²) >= 11 is 0. The lowest BCUT2D eigenvalue weighted by atomic mass is 9.95. The van der Waals surface area contributed by atoms with E-state index >= 15 is 0 Å². The number of rotatable bonds is 8. The van der Waals surface area contributed by atoms with Crippen LogP contribution in [0.3, 0.4) is 0 Å². The van der Waals surface area contributed by atoms with Crippen molar-refractivity contribution in [3.8, 4) is 0 Å². The van der Waals surface area contributed by atoms with Gasteiger partial charge in [-0.3, -0.25) is 14.5 Å². The maximum atomic E-state index is 15.0. The van der Waals surface area contributed by atoms with Crippen LogP contribution in [0.2, 0.25) is 0 Å². The molecular weight excluding hydrogens is 661 g/mol. The molecule has 0 atom stereocenters. The summed E-state index contributed by atoms with van der Waals surface area (Å²) in [5.41, 5.74) is 2.86. The van der Waals surface area contributed by atoms with Gasteiger partial charge in [-0.2, -0.15) is 0 Å². The topological polar surface area (TPSA) is 47.2 Å². The smallest absolute Gasteiger partial charge is 0.262 e. The van der Waals surface area contributed by atoms with Crippen LogP contribution in [0.4, 0.5) is 22.0 Å². The molecule has 8 rings (SSSR count). The Morgan fingerprint density at radius 3 is 1.24 bits per heavy atom. The van der Waals surface area contributed by atoms with Crippen molar-refractivity contribution < 1.29 is 31.5 Å². The molecule has 252 valence electrons. The number of nitrogens with zero attached hydrogens (tertiary/aromatic N) is 3. The van der Waals surface area contributed by atoms with E-state index in [0.29, 0.717) is 39.9 Å². The van der Waals surface area contributed by atoms with Gasteiger partial charge in [0.1, 0.15) is 0 Å². The monoisotopic (exact) mass is 687 g/mol. The Morgan fingerprint density at radius 2 is 0.804 bits per heavy atom. The highest BCUT2D eigenvalue weighted by atomic mass is 19.2. The van der Waals surface area contributed by atoms with E-state index in [1.165, 1.54) is 0 Å². The van der Waals surface area contributed by atoms with Gasteiger partial charge in [0.05, 0.1) is 17.7 Å². The number of amides is 2. The lowest BCUT2D eigenvalue weighted by Crippen LogP contribution is -2.32. The van der Waals surface area contributed by atoms with Crippen LogP contribution in [0.1, 0.15) is 27.8 Å². The number of imide groups is 1. The number of aromatic nitrogens is 2. The van der Waals surface area contributed by atoms with Crippen LogP contribution < -0.4 is 0 Å². The van der Waals surface area contributed by atoms with Crippen LogP contribution in [0, 0.1) is 29.1 Å². The molecule has 5 nitrogen and oxygen atoms in total. The number of benzene rings is 5. The average molecular weight is 688 g/mol. The third kappa shape index (κ3) is 5.31. The molecule has 0 fully saturated rings. The first-order valence-corrected chi connectivity index (χ1v) is 16.1. The van der Waals surface area contributed by atoms with Crippen molar-refractivity contribution in [3.05, 3.63) is 178 Å². The van der Waals surface area contributed by atoms with Crippen molar-refractivity contribution in [1.82, 2.24) is 14.0 Å². The van der Waals surface area contributed by atoms with E-state index < -0.39 is 53.0 Å². The molecule has 2 amide bonds. The van der Waals surface area contributed by atoms with Gasteiger partial charge < -0.3 is 9.13 Å². The number of halogens is 5. The third-order valence-electron chi connectivity index (χ3n) is 9.29. The summed E-state index contributed by atoms with van der Waals surface area (Å²) in [6.07, 6.45) is 3.51. The molecule has 0 unspecified atom stereocenters. The minimum atomic E-state index is -2.33. The molecule has 7 aromatic rings. The number of hydrogen-bond donors (Lipinski definition) is 0. The lowest BCUT2D eigenvalue weighted by Gasteiger charge is -2.17. The predicted octanol–water partition coefficient (Wildman–Crippen LogP) is 8.87. The quantitative estimate of drug-likeness (QED) is 0.0694. The summed E-state index contributed by atoms with van der Waals surface area (Å²) in [4.78, 5) is 29.6. The molecule has 0 radical (unpaired) electrons. The molecule has 2 aromatic heterocycles. The number of hydrogen-bond acceptors (Lipinski definition) is 2. The fraction of sp³-hybridized carbons (Fsp3) is 0.0732. The number of carbonyl (C=O) groups excluding carboxylic acids is 2. The Hall–Kier alpha value is -6.29. The molecule has 1 aliphatic rings. The zero-order valence-electron chi connectivity index (χ0n) is 26.7. The van der Waals surface area contributed by atoms with Gasteiger partial charge in [-0.25, -0.2) is 22.0 Å². The van der Waals surface area contributed by atoms with Gasteiger partial charge in [0.15, 0.2) is 23.3 Å². The van der Waals surface area contributed by atoms with Crippen LogP contribution in [0.25, 0.3) is 33.0 Å². The zero-order chi connectivity index (χ0) is 35.4. The first-order valence-electron chi connectivity index (χ1n) is 16.1. The molecular formula is C41H26F5N3O2. The second-order valence-corrected chi connectivity index (χ2v) is 12.3. The molecule has 0 saturated carbocycles. The fourth-order valence-electron chi connectivity index (χ4n) is 6.88. The van der Waals surface area contributed by atoms with Crippen molar-refractivity contribution in [2.75, 3.05) is 0 Å². The summed E-state index contributed by atoms with van der Waals surface area (Å²) in [6, 6.07) is 33.9. The molecule has 3 heterocycles. The Morgan fingerprint density at radius 1 is 0.431 bits per heavy atom. The van der Waals surface area contributed by atoms with Crippen molar-refractivity contribution in [2.45, 2.75) is 19.6 Å². The Balaban J connectivity index is 1.35. The first kappa shape index (κ1) is 31.9. The van der Waals surface area contributed by atoms with Crippen LogP contribution in [-0.4, -0.2) is 25.8 Å². The maximum Gasteiger partial charge on any atom is 0.262 e. The van der Waals surface area contributed by atoms with Crippen LogP contribution in [-0.2, 0) is 29.2 Å². The van der Waals surface area contributed by atoms with Crippen LogP contribution >= 0.6 is 0 Å². The van der Waals surface area contributed by atoms with Gasteiger partial charge in [-0.15, -0.1) is 0 Å². The van der Waals surface area contributed by atoms with Crippen LogP contribution in [0.15, 0.2) is 122 Å². The Bertz CT molecular complexity index is 2390. The Labute approximate surface area is 288 Å². The molecule has 10 heteroatoms. The van der Waals surface area contributed by atoms with Crippen molar-refractivity contribution in [3.63, 3.8) is 0 Å². The lowest BCUT2D eigenvalue weighted by molar-refractivity contribution is -0.136. The van der Waals surface area contributed by atoms with E-state index in [2.05, 4.69) is 0 Å². The zero-order valence-corrected chi connectivity index (χ0v) is 26.7. The standard InChI is InChI=1S/C41H26F5N3O2/c42-35-30(36(43)38(45)39(46)37(35)44)23-49-40(50)33(28-21-47(19-24-11-3-1-4-12-24)31-17-9-7-15-26(28)31)34(41(49)51)29-22-48(20-25-13-5-2-6-14-25)32-18-10-8-16-27(29)32/h1-18,21-22H,19-20,23H2. The van der Waals surface area contributed by atoms with E-state index in [1.807, 2.05) is 94.1 Å². The second-order valence-electron chi connectivity index (χ2n) is 12.3. The molecule has 0 N–H and O–H groups in total. The Kier molecular flexibility index (Phi) is 7.86. The van der Waals surface area contributed by atoms with Crippen molar-refractivity contribution in [2.24, 2.45) is 0 Å². The van der Waals surface area contributed by atoms with Gasteiger partial charge in [-0.05, 0) is 23.3 Å². The van der Waals surface area contributed by atoms with Crippen molar-refractivity contribution >= 4 is 44.8 Å². The first-order chi connectivity index (χ1) is 24.7. The molecule has 1 aliphatic heterocycles. The summed E-state index contributed by atoms with van der Waals surface area (Å²) in [6.45, 7) is -0.324. The minimum Gasteiger partial charge on any atom is -0.342 e. The molecule has 0 aliphatic carbocycles. The van der Waals surface area contributed by atoms with Crippen molar-refractivity contribution in [1.29, 1.82) is 0 Å². The van der Waals surface area contributed by atoms with Gasteiger partial charge in [0.2, 0.25) is 5.82 Å². The van der Waals surface area contributed by atoms with Crippen LogP contribution in [0.5, 0.6) is 0 Å². The van der Waals surface area contributed by atoms with E-state index in [-0.39, 0.29) is 11.1 Å². The fourth-order valence-corrected chi connectivity index (χ4v) is 6.88. The van der Waals surface area contributed by atoms with Gasteiger partial charge in [0.25, 0.3) is 11.8 Å². The molecule has 51 heavy (non-hydrogen) atoms. The van der Waals surface area contributed by atoms with E-state index in [0.717, 1.165) is 22.2 Å². The summed E-state index contributed by atoms with van der Waals surface area (Å²) in [5.74, 6) is -12.7. The largest absolute Gasteiger partial charge is 0.342 e. The van der Waals surface area contributed by atoms with E-state index in [4.69, 9.17) is 0 Å². The highest BCUT2D eigenvalue weighted by Crippen LogP contribution is 2.43. The predicted molar refractivity (Wildman–Crippen MR) is 184 cm³/mol. The second kappa shape index (κ2) is 12.5. The van der Waals surface area contributed by atoms with Gasteiger partial charge >= 0.3 is 0 Å². The summed E-state index contributed by atoms with van der Waals surface area (Å²) < 4.78 is 76.4. The summed E-state index contributed by atoms with van der Waals surface area (Å²) in [7, 11) is 0. The van der Waals surface area contributed by atoms with Gasteiger partial charge in [-0.1, -0.05) is 97.1 Å². The summed E-state index contributed by atoms with van der Waals surface area (Å²) in [5, 5.41) is 1.27.